The summed E-state index contributed by atoms with van der Waals surface area (Å²) in [5, 5.41) is 3.46. The highest BCUT2D eigenvalue weighted by atomic mass is 32.2. The monoisotopic (exact) mass is 210 g/mol. The molecule has 1 saturated heterocycles. The number of thioether (sulfide) groups is 1. The van der Waals surface area contributed by atoms with Gasteiger partial charge in [0, 0.05) is 42.3 Å². The number of nitrogens with two attached hydrogens (primary N) is 1. The quantitative estimate of drug-likeness (QED) is 0.735. The van der Waals surface area contributed by atoms with Crippen LogP contribution in [0.15, 0.2) is 12.4 Å². The van der Waals surface area contributed by atoms with Crippen LogP contribution >= 0.6 is 11.8 Å². The molecule has 76 valence electrons. The molecule has 4 nitrogen and oxygen atoms in total. The second kappa shape index (κ2) is 4.61. The van der Waals surface area contributed by atoms with Gasteiger partial charge in [0.05, 0.1) is 0 Å². The summed E-state index contributed by atoms with van der Waals surface area (Å²) < 4.78 is 0. The highest BCUT2D eigenvalue weighted by Crippen LogP contribution is 2.11. The maximum Gasteiger partial charge on any atom is 0.126 e. The lowest BCUT2D eigenvalue weighted by Crippen LogP contribution is -2.39. The topological polar surface area (TPSA) is 63.8 Å². The molecule has 1 atom stereocenters. The summed E-state index contributed by atoms with van der Waals surface area (Å²) in [6.45, 7) is 1.09. The molecule has 0 radical (unpaired) electrons. The third kappa shape index (κ3) is 2.59. The zero-order valence-corrected chi connectivity index (χ0v) is 8.76. The Bertz CT molecular complexity index is 299. The fraction of sp³-hybridized carbons (Fsp3) is 0.556. The van der Waals surface area contributed by atoms with Gasteiger partial charge in [-0.3, -0.25) is 0 Å². The van der Waals surface area contributed by atoms with Crippen molar-refractivity contribution in [2.24, 2.45) is 0 Å². The predicted octanol–water partition coefficient (Wildman–Crippen LogP) is 0.306. The van der Waals surface area contributed by atoms with Crippen LogP contribution in [0.3, 0.4) is 0 Å². The van der Waals surface area contributed by atoms with E-state index in [1.807, 2.05) is 17.8 Å². The van der Waals surface area contributed by atoms with Crippen LogP contribution < -0.4 is 11.1 Å². The van der Waals surface area contributed by atoms with Crippen molar-refractivity contribution in [3.8, 4) is 0 Å². The minimum Gasteiger partial charge on any atom is -0.384 e. The predicted molar refractivity (Wildman–Crippen MR) is 59.3 cm³/mol. The molecule has 0 amide bonds. The van der Waals surface area contributed by atoms with Gasteiger partial charge < -0.3 is 11.1 Å². The molecule has 1 aromatic rings. The summed E-state index contributed by atoms with van der Waals surface area (Å²) in [5.41, 5.74) is 6.61. The Balaban J connectivity index is 1.95. The Morgan fingerprint density at radius 3 is 3.21 bits per heavy atom. The van der Waals surface area contributed by atoms with Crippen LogP contribution in [0.1, 0.15) is 5.69 Å². The van der Waals surface area contributed by atoms with Crippen LogP contribution in [0.4, 0.5) is 5.82 Å². The number of nitrogen functional groups attached to an aromatic ring is 1. The lowest BCUT2D eigenvalue weighted by Gasteiger charge is -2.22. The van der Waals surface area contributed by atoms with Gasteiger partial charge in [-0.05, 0) is 0 Å². The third-order valence-corrected chi connectivity index (χ3v) is 3.33. The Morgan fingerprint density at radius 2 is 2.50 bits per heavy atom. The summed E-state index contributed by atoms with van der Waals surface area (Å²) in [4.78, 5) is 8.07. The van der Waals surface area contributed by atoms with Gasteiger partial charge in [0.1, 0.15) is 12.1 Å². The summed E-state index contributed by atoms with van der Waals surface area (Å²) in [6, 6.07) is 2.38. The first-order chi connectivity index (χ1) is 6.84. The summed E-state index contributed by atoms with van der Waals surface area (Å²) in [7, 11) is 0. The van der Waals surface area contributed by atoms with Crippen molar-refractivity contribution in [3.63, 3.8) is 0 Å². The largest absolute Gasteiger partial charge is 0.384 e. The highest BCUT2D eigenvalue weighted by molar-refractivity contribution is 7.99. The first kappa shape index (κ1) is 9.73. The van der Waals surface area contributed by atoms with Crippen LogP contribution in [-0.4, -0.2) is 34.1 Å². The van der Waals surface area contributed by atoms with Gasteiger partial charge in [0.15, 0.2) is 0 Å². The molecule has 1 aliphatic heterocycles. The Morgan fingerprint density at radius 1 is 1.57 bits per heavy atom. The van der Waals surface area contributed by atoms with Crippen molar-refractivity contribution >= 4 is 17.6 Å². The maximum absolute atomic E-state index is 5.59. The van der Waals surface area contributed by atoms with E-state index >= 15 is 0 Å². The Kier molecular flexibility index (Phi) is 3.21. The molecule has 5 heteroatoms. The molecule has 1 aromatic heterocycles. The Labute approximate surface area is 87.7 Å². The van der Waals surface area contributed by atoms with Crippen molar-refractivity contribution in [1.82, 2.24) is 15.3 Å². The van der Waals surface area contributed by atoms with E-state index in [0.29, 0.717) is 11.9 Å². The molecule has 1 fully saturated rings. The number of hydrogen-bond donors (Lipinski definition) is 2. The van der Waals surface area contributed by atoms with Gasteiger partial charge in [-0.2, -0.15) is 11.8 Å². The SMILES string of the molecule is Nc1cc(CC2CSCCN2)ncn1. The fourth-order valence-electron chi connectivity index (χ4n) is 1.53. The number of rotatable bonds is 2. The number of hydrogen-bond acceptors (Lipinski definition) is 5. The van der Waals surface area contributed by atoms with Gasteiger partial charge >= 0.3 is 0 Å². The van der Waals surface area contributed by atoms with E-state index in [4.69, 9.17) is 5.73 Å². The lowest BCUT2D eigenvalue weighted by atomic mass is 10.1. The second-order valence-electron chi connectivity index (χ2n) is 3.36. The fourth-order valence-corrected chi connectivity index (χ4v) is 2.48. The van der Waals surface area contributed by atoms with Crippen LogP contribution in [0.5, 0.6) is 0 Å². The molecule has 0 bridgehead atoms. The third-order valence-electron chi connectivity index (χ3n) is 2.20. The van der Waals surface area contributed by atoms with Gasteiger partial charge in [-0.1, -0.05) is 0 Å². The molecule has 2 rings (SSSR count). The molecular weight excluding hydrogens is 196 g/mol. The van der Waals surface area contributed by atoms with Crippen molar-refractivity contribution in [2.45, 2.75) is 12.5 Å². The first-order valence-electron chi connectivity index (χ1n) is 4.72. The highest BCUT2D eigenvalue weighted by Gasteiger charge is 2.13. The van der Waals surface area contributed by atoms with E-state index in [9.17, 15) is 0 Å². The van der Waals surface area contributed by atoms with Crippen molar-refractivity contribution < 1.29 is 0 Å². The normalized spacial score (nSPS) is 22.1. The minimum atomic E-state index is 0.531. The van der Waals surface area contributed by atoms with Crippen LogP contribution in [0, 0.1) is 0 Å². The molecule has 1 aliphatic rings. The average Bonchev–Trinajstić information content (AvgIpc) is 2.19. The van der Waals surface area contributed by atoms with Crippen LogP contribution in [0.25, 0.3) is 0 Å². The lowest BCUT2D eigenvalue weighted by molar-refractivity contribution is 0.557. The summed E-state index contributed by atoms with van der Waals surface area (Å²) >= 11 is 1.99. The van der Waals surface area contributed by atoms with E-state index < -0.39 is 0 Å². The van der Waals surface area contributed by atoms with Crippen LogP contribution in [0.2, 0.25) is 0 Å². The van der Waals surface area contributed by atoms with Crippen molar-refractivity contribution in [1.29, 1.82) is 0 Å². The number of aromatic nitrogens is 2. The molecule has 0 spiro atoms. The van der Waals surface area contributed by atoms with E-state index in [-0.39, 0.29) is 0 Å². The van der Waals surface area contributed by atoms with Gasteiger partial charge in [-0.15, -0.1) is 0 Å². The molecule has 0 aromatic carbocycles. The molecule has 3 N–H and O–H groups in total. The van der Waals surface area contributed by atoms with Gasteiger partial charge in [-0.25, -0.2) is 9.97 Å². The molecule has 0 saturated carbocycles. The molecule has 1 unspecified atom stereocenters. The van der Waals surface area contributed by atoms with E-state index in [1.54, 1.807) is 0 Å². The molecular formula is C9H14N4S. The van der Waals surface area contributed by atoms with Crippen molar-refractivity contribution in [2.75, 3.05) is 23.8 Å². The van der Waals surface area contributed by atoms with Gasteiger partial charge in [0.2, 0.25) is 0 Å². The Hall–Kier alpha value is -0.810. The molecule has 14 heavy (non-hydrogen) atoms. The second-order valence-corrected chi connectivity index (χ2v) is 4.51. The minimum absolute atomic E-state index is 0.531. The zero-order chi connectivity index (χ0) is 9.80. The first-order valence-corrected chi connectivity index (χ1v) is 5.87. The molecule has 2 heterocycles. The van der Waals surface area contributed by atoms with E-state index in [2.05, 4.69) is 15.3 Å². The summed E-state index contributed by atoms with van der Waals surface area (Å²) in [6.07, 6.45) is 2.47. The van der Waals surface area contributed by atoms with Crippen LogP contribution in [-0.2, 0) is 6.42 Å². The zero-order valence-electron chi connectivity index (χ0n) is 7.94. The van der Waals surface area contributed by atoms with Gasteiger partial charge in [0.25, 0.3) is 0 Å². The van der Waals surface area contributed by atoms with E-state index in [0.717, 1.165) is 24.4 Å². The number of nitrogens with zero attached hydrogens (tertiary/aromatic N) is 2. The smallest absolute Gasteiger partial charge is 0.126 e. The average molecular weight is 210 g/mol. The maximum atomic E-state index is 5.59. The van der Waals surface area contributed by atoms with Crippen molar-refractivity contribution in [3.05, 3.63) is 18.1 Å². The summed E-state index contributed by atoms with van der Waals surface area (Å²) in [5.74, 6) is 2.92. The van der Waals surface area contributed by atoms with E-state index in [1.165, 1.54) is 12.1 Å². The molecule has 0 aliphatic carbocycles. The standard InChI is InChI=1S/C9H14N4S/c10-9-4-7(12-6-13-9)3-8-5-14-2-1-11-8/h4,6,8,11H,1-3,5H2,(H2,10,12,13). The number of anilines is 1. The number of nitrogens with one attached hydrogen (secondary N) is 1.